The Hall–Kier alpha value is -0.260. The van der Waals surface area contributed by atoms with Gasteiger partial charge < -0.3 is 15.2 Å². The number of hydrogen-bond donors (Lipinski definition) is 2. The number of hydrogen-bond acceptors (Lipinski definition) is 5. The lowest BCUT2D eigenvalue weighted by atomic mass is 10.2. The highest BCUT2D eigenvalue weighted by Gasteiger charge is 2.13. The third kappa shape index (κ3) is 7.17. The van der Waals surface area contributed by atoms with Crippen LogP contribution in [0, 0.1) is 0 Å². The smallest absolute Gasteiger partial charge is 0.323 e. The molecule has 0 aliphatic rings. The fourth-order valence-corrected chi connectivity index (χ4v) is 1.07. The first-order valence-electron chi connectivity index (χ1n) is 4.72. The minimum atomic E-state index is -0.563. The number of carbonyl (C=O) groups excluding carboxylic acids is 1. The van der Waals surface area contributed by atoms with Crippen molar-refractivity contribution < 1.29 is 14.3 Å². The second-order valence-corrected chi connectivity index (χ2v) is 3.65. The highest BCUT2D eigenvalue weighted by Crippen LogP contribution is 1.95. The second kappa shape index (κ2) is 8.08. The third-order valence-corrected chi connectivity index (χ3v) is 1.78. The zero-order valence-corrected chi connectivity index (χ0v) is 9.63. The highest BCUT2D eigenvalue weighted by molar-refractivity contribution is 7.80. The highest BCUT2D eigenvalue weighted by atomic mass is 32.1. The fraction of sp³-hybridized carbons (Fsp3) is 0.889. The predicted octanol–water partition coefficient (Wildman–Crippen LogP) is 0.602. The third-order valence-electron chi connectivity index (χ3n) is 1.52. The molecule has 1 atom stereocenters. The molecule has 4 nitrogen and oxygen atoms in total. The Kier molecular flexibility index (Phi) is 7.93. The molecule has 0 aliphatic heterocycles. The van der Waals surface area contributed by atoms with Gasteiger partial charge in [0.05, 0.1) is 12.7 Å². The first-order valence-corrected chi connectivity index (χ1v) is 5.35. The van der Waals surface area contributed by atoms with Gasteiger partial charge >= 0.3 is 5.97 Å². The molecule has 0 aromatic heterocycles. The summed E-state index contributed by atoms with van der Waals surface area (Å²) < 4.78 is 10.1. The van der Waals surface area contributed by atoms with E-state index in [0.29, 0.717) is 18.8 Å². The van der Waals surface area contributed by atoms with E-state index in [1.54, 1.807) is 0 Å². The van der Waals surface area contributed by atoms with E-state index < -0.39 is 6.04 Å². The van der Waals surface area contributed by atoms with Gasteiger partial charge in [-0.2, -0.15) is 12.6 Å². The molecule has 0 amide bonds. The maximum absolute atomic E-state index is 11.1. The van der Waals surface area contributed by atoms with E-state index in [-0.39, 0.29) is 18.7 Å². The summed E-state index contributed by atoms with van der Waals surface area (Å²) in [5.41, 5.74) is 5.51. The van der Waals surface area contributed by atoms with Crippen LogP contribution in [-0.4, -0.2) is 37.1 Å². The van der Waals surface area contributed by atoms with Crippen molar-refractivity contribution >= 4 is 18.6 Å². The van der Waals surface area contributed by atoms with Crippen molar-refractivity contribution in [2.75, 3.05) is 19.0 Å². The van der Waals surface area contributed by atoms with Crippen LogP contribution in [0.15, 0.2) is 0 Å². The molecular formula is C9H19NO3S. The van der Waals surface area contributed by atoms with Crippen LogP contribution in [-0.2, 0) is 14.3 Å². The molecule has 2 N–H and O–H groups in total. The van der Waals surface area contributed by atoms with Gasteiger partial charge in [0, 0.05) is 0 Å². The number of nitrogens with two attached hydrogens (primary N) is 1. The Balaban J connectivity index is 3.44. The van der Waals surface area contributed by atoms with Crippen LogP contribution in [0.4, 0.5) is 0 Å². The Morgan fingerprint density at radius 3 is 2.57 bits per heavy atom. The molecule has 0 fully saturated rings. The van der Waals surface area contributed by atoms with Gasteiger partial charge in [-0.25, -0.2) is 0 Å². The number of esters is 1. The van der Waals surface area contributed by atoms with Gasteiger partial charge in [-0.15, -0.1) is 0 Å². The maximum atomic E-state index is 11.1. The van der Waals surface area contributed by atoms with E-state index in [1.165, 1.54) is 0 Å². The van der Waals surface area contributed by atoms with Crippen molar-refractivity contribution in [2.24, 2.45) is 5.73 Å². The van der Waals surface area contributed by atoms with E-state index in [4.69, 9.17) is 15.2 Å². The summed E-state index contributed by atoms with van der Waals surface area (Å²) in [6.45, 7) is 4.53. The van der Waals surface area contributed by atoms with Gasteiger partial charge in [0.1, 0.15) is 12.6 Å². The Labute approximate surface area is 90.5 Å². The maximum Gasteiger partial charge on any atom is 0.323 e. The van der Waals surface area contributed by atoms with Crippen molar-refractivity contribution in [1.29, 1.82) is 0 Å². The van der Waals surface area contributed by atoms with Gasteiger partial charge in [0.15, 0.2) is 0 Å². The summed E-state index contributed by atoms with van der Waals surface area (Å²) in [5, 5.41) is 0. The van der Waals surface area contributed by atoms with Gasteiger partial charge in [-0.3, -0.25) is 4.79 Å². The van der Waals surface area contributed by atoms with E-state index in [1.807, 2.05) is 13.8 Å². The minimum absolute atomic E-state index is 0.153. The Bertz CT molecular complexity index is 164. The monoisotopic (exact) mass is 221 g/mol. The molecular weight excluding hydrogens is 202 g/mol. The minimum Gasteiger partial charge on any atom is -0.462 e. The molecule has 5 heteroatoms. The van der Waals surface area contributed by atoms with Crippen LogP contribution in [0.2, 0.25) is 0 Å². The van der Waals surface area contributed by atoms with E-state index in [9.17, 15) is 4.79 Å². The van der Waals surface area contributed by atoms with Crippen LogP contribution in [0.1, 0.15) is 20.3 Å². The molecule has 14 heavy (non-hydrogen) atoms. The molecule has 0 heterocycles. The van der Waals surface area contributed by atoms with Crippen molar-refractivity contribution in [3.8, 4) is 0 Å². The number of rotatable bonds is 7. The molecule has 0 spiro atoms. The fourth-order valence-electron chi connectivity index (χ4n) is 0.790. The predicted molar refractivity (Wildman–Crippen MR) is 58.5 cm³/mol. The Morgan fingerprint density at radius 2 is 2.07 bits per heavy atom. The van der Waals surface area contributed by atoms with Crippen molar-refractivity contribution in [3.63, 3.8) is 0 Å². The van der Waals surface area contributed by atoms with Gasteiger partial charge in [0.2, 0.25) is 0 Å². The molecule has 0 rings (SSSR count). The molecule has 0 bridgehead atoms. The lowest BCUT2D eigenvalue weighted by Gasteiger charge is -2.11. The molecule has 0 saturated carbocycles. The summed E-state index contributed by atoms with van der Waals surface area (Å²) in [6, 6.07) is -0.563. The SMILES string of the molecule is CC(C)OCCOC(=O)C(N)CCS. The summed E-state index contributed by atoms with van der Waals surface area (Å²) in [4.78, 5) is 11.1. The lowest BCUT2D eigenvalue weighted by Crippen LogP contribution is -2.33. The van der Waals surface area contributed by atoms with Crippen LogP contribution in [0.3, 0.4) is 0 Å². The zero-order valence-electron chi connectivity index (χ0n) is 8.73. The second-order valence-electron chi connectivity index (χ2n) is 3.21. The van der Waals surface area contributed by atoms with E-state index in [2.05, 4.69) is 12.6 Å². The van der Waals surface area contributed by atoms with Gasteiger partial charge in [-0.05, 0) is 26.0 Å². The first kappa shape index (κ1) is 13.7. The van der Waals surface area contributed by atoms with Crippen LogP contribution < -0.4 is 5.73 Å². The Morgan fingerprint density at radius 1 is 1.43 bits per heavy atom. The summed E-state index contributed by atoms with van der Waals surface area (Å²) in [6.07, 6.45) is 0.687. The van der Waals surface area contributed by atoms with Crippen LogP contribution in [0.5, 0.6) is 0 Å². The number of carbonyl (C=O) groups is 1. The number of ether oxygens (including phenoxy) is 2. The molecule has 0 aromatic carbocycles. The summed E-state index contributed by atoms with van der Waals surface area (Å²) in [7, 11) is 0. The molecule has 0 aromatic rings. The van der Waals surface area contributed by atoms with Crippen molar-refractivity contribution in [2.45, 2.75) is 32.4 Å². The number of thiol groups is 1. The zero-order chi connectivity index (χ0) is 11.0. The lowest BCUT2D eigenvalue weighted by molar-refractivity contribution is -0.147. The molecule has 1 unspecified atom stereocenters. The summed E-state index contributed by atoms with van der Waals surface area (Å²) >= 11 is 3.98. The molecule has 84 valence electrons. The first-order chi connectivity index (χ1) is 6.57. The van der Waals surface area contributed by atoms with Crippen LogP contribution in [0.25, 0.3) is 0 Å². The van der Waals surface area contributed by atoms with Gasteiger partial charge in [0.25, 0.3) is 0 Å². The van der Waals surface area contributed by atoms with Crippen LogP contribution >= 0.6 is 12.6 Å². The molecule has 0 radical (unpaired) electrons. The normalized spacial score (nSPS) is 12.9. The van der Waals surface area contributed by atoms with Crippen molar-refractivity contribution in [3.05, 3.63) is 0 Å². The van der Waals surface area contributed by atoms with E-state index in [0.717, 1.165) is 0 Å². The topological polar surface area (TPSA) is 61.5 Å². The average molecular weight is 221 g/mol. The van der Waals surface area contributed by atoms with E-state index >= 15 is 0 Å². The standard InChI is InChI=1S/C9H19NO3S/c1-7(2)12-4-5-13-9(11)8(10)3-6-14/h7-8,14H,3-6,10H2,1-2H3. The molecule has 0 aliphatic carbocycles. The largest absolute Gasteiger partial charge is 0.462 e. The summed E-state index contributed by atoms with van der Waals surface area (Å²) in [5.74, 6) is 0.199. The average Bonchev–Trinajstić information content (AvgIpc) is 2.12. The quantitative estimate of drug-likeness (QED) is 0.375. The van der Waals surface area contributed by atoms with Gasteiger partial charge in [-0.1, -0.05) is 0 Å². The molecule has 0 saturated heterocycles. The van der Waals surface area contributed by atoms with Crippen molar-refractivity contribution in [1.82, 2.24) is 0 Å².